The lowest BCUT2D eigenvalue weighted by atomic mass is 10.3. The molecule has 0 bridgehead atoms. The van der Waals surface area contributed by atoms with E-state index >= 15 is 0 Å². The molecule has 0 aliphatic carbocycles. The first kappa shape index (κ1) is 9.24. The summed E-state index contributed by atoms with van der Waals surface area (Å²) >= 11 is 3.29. The van der Waals surface area contributed by atoms with Gasteiger partial charge in [-0.25, -0.2) is 4.98 Å². The molecule has 0 atom stereocenters. The summed E-state index contributed by atoms with van der Waals surface area (Å²) < 4.78 is 5.73. The standard InChI is InChI=1S/C9H8BrNO/c1-12-6-2-3-9-5-4-8(10)7-11-9/h4-5,7H,6H2,1H3. The molecule has 0 amide bonds. The summed E-state index contributed by atoms with van der Waals surface area (Å²) in [5, 5.41) is 0. The van der Waals surface area contributed by atoms with Crippen molar-refractivity contribution in [2.75, 3.05) is 13.7 Å². The third-order valence-corrected chi connectivity index (χ3v) is 1.63. The molecule has 0 saturated heterocycles. The maximum atomic E-state index is 4.78. The molecule has 3 heteroatoms. The molecule has 1 rings (SSSR count). The molecule has 0 fully saturated rings. The maximum Gasteiger partial charge on any atom is 0.113 e. The highest BCUT2D eigenvalue weighted by atomic mass is 79.9. The lowest BCUT2D eigenvalue weighted by molar-refractivity contribution is 0.240. The second kappa shape index (κ2) is 4.91. The minimum absolute atomic E-state index is 0.442. The summed E-state index contributed by atoms with van der Waals surface area (Å²) in [5.41, 5.74) is 0.759. The maximum absolute atomic E-state index is 4.78. The number of halogens is 1. The van der Waals surface area contributed by atoms with E-state index in [2.05, 4.69) is 32.8 Å². The van der Waals surface area contributed by atoms with E-state index in [0.29, 0.717) is 6.61 Å². The fourth-order valence-corrected chi connectivity index (χ4v) is 0.883. The molecule has 62 valence electrons. The predicted molar refractivity (Wildman–Crippen MR) is 50.7 cm³/mol. The van der Waals surface area contributed by atoms with Crippen LogP contribution < -0.4 is 0 Å². The first-order valence-corrected chi connectivity index (χ1v) is 4.21. The van der Waals surface area contributed by atoms with Gasteiger partial charge in [-0.15, -0.1) is 0 Å². The van der Waals surface area contributed by atoms with E-state index in [1.807, 2.05) is 12.1 Å². The molecule has 0 aliphatic heterocycles. The number of nitrogens with zero attached hydrogens (tertiary/aromatic N) is 1. The Balaban J connectivity index is 2.66. The Morgan fingerprint density at radius 2 is 2.42 bits per heavy atom. The van der Waals surface area contributed by atoms with Gasteiger partial charge in [-0.1, -0.05) is 5.92 Å². The van der Waals surface area contributed by atoms with Crippen LogP contribution in [0.4, 0.5) is 0 Å². The molecule has 1 heterocycles. The average molecular weight is 226 g/mol. The van der Waals surface area contributed by atoms with Crippen LogP contribution in [0.1, 0.15) is 5.69 Å². The predicted octanol–water partition coefficient (Wildman–Crippen LogP) is 1.84. The highest BCUT2D eigenvalue weighted by Gasteiger charge is 1.87. The molecule has 0 saturated carbocycles. The molecule has 1 aromatic heterocycles. The Morgan fingerprint density at radius 3 is 3.00 bits per heavy atom. The van der Waals surface area contributed by atoms with Gasteiger partial charge >= 0.3 is 0 Å². The number of methoxy groups -OCH3 is 1. The normalized spacial score (nSPS) is 8.83. The fourth-order valence-electron chi connectivity index (χ4n) is 0.649. The third kappa shape index (κ3) is 3.04. The molecule has 0 spiro atoms. The minimum atomic E-state index is 0.442. The summed E-state index contributed by atoms with van der Waals surface area (Å²) in [4.78, 5) is 4.07. The highest BCUT2D eigenvalue weighted by Crippen LogP contribution is 2.06. The lowest BCUT2D eigenvalue weighted by Gasteiger charge is -1.89. The molecule has 0 aromatic carbocycles. The molecule has 12 heavy (non-hydrogen) atoms. The SMILES string of the molecule is COCC#Cc1ccc(Br)cn1. The molecule has 0 radical (unpaired) electrons. The minimum Gasteiger partial charge on any atom is -0.372 e. The summed E-state index contributed by atoms with van der Waals surface area (Å²) in [6.45, 7) is 0.442. The summed E-state index contributed by atoms with van der Waals surface area (Å²) in [6.07, 6.45) is 1.72. The van der Waals surface area contributed by atoms with Gasteiger partial charge < -0.3 is 4.74 Å². The first-order chi connectivity index (χ1) is 5.83. The number of aromatic nitrogens is 1. The van der Waals surface area contributed by atoms with Crippen LogP contribution >= 0.6 is 15.9 Å². The lowest BCUT2D eigenvalue weighted by Crippen LogP contribution is -1.84. The number of hydrogen-bond acceptors (Lipinski definition) is 2. The van der Waals surface area contributed by atoms with E-state index in [0.717, 1.165) is 10.2 Å². The summed E-state index contributed by atoms with van der Waals surface area (Å²) in [7, 11) is 1.61. The Hall–Kier alpha value is -0.850. The van der Waals surface area contributed by atoms with Crippen LogP contribution in [0.2, 0.25) is 0 Å². The molecular formula is C9H8BrNO. The average Bonchev–Trinajstić information content (AvgIpc) is 2.09. The Bertz CT molecular complexity index is 297. The second-order valence-electron chi connectivity index (χ2n) is 2.10. The van der Waals surface area contributed by atoms with E-state index < -0.39 is 0 Å². The van der Waals surface area contributed by atoms with Crippen molar-refractivity contribution in [2.45, 2.75) is 0 Å². The third-order valence-electron chi connectivity index (χ3n) is 1.16. The molecule has 1 aromatic rings. The quantitative estimate of drug-likeness (QED) is 0.681. The van der Waals surface area contributed by atoms with Gasteiger partial charge in [0, 0.05) is 17.8 Å². The van der Waals surface area contributed by atoms with Gasteiger partial charge in [-0.3, -0.25) is 0 Å². The Kier molecular flexibility index (Phi) is 3.78. The van der Waals surface area contributed by atoms with Gasteiger partial charge in [-0.2, -0.15) is 0 Å². The van der Waals surface area contributed by atoms with Crippen molar-refractivity contribution in [3.63, 3.8) is 0 Å². The number of hydrogen-bond donors (Lipinski definition) is 0. The smallest absolute Gasteiger partial charge is 0.113 e. The van der Waals surface area contributed by atoms with Crippen LogP contribution in [0.3, 0.4) is 0 Å². The van der Waals surface area contributed by atoms with Crippen LogP contribution in [0, 0.1) is 11.8 Å². The van der Waals surface area contributed by atoms with Crippen molar-refractivity contribution >= 4 is 15.9 Å². The van der Waals surface area contributed by atoms with Crippen LogP contribution in [-0.4, -0.2) is 18.7 Å². The zero-order valence-corrected chi connectivity index (χ0v) is 8.26. The summed E-state index contributed by atoms with van der Waals surface area (Å²) in [6, 6.07) is 3.76. The van der Waals surface area contributed by atoms with Gasteiger partial charge in [0.25, 0.3) is 0 Å². The number of rotatable bonds is 1. The molecule has 0 N–H and O–H groups in total. The molecule has 2 nitrogen and oxygen atoms in total. The molecular weight excluding hydrogens is 218 g/mol. The van der Waals surface area contributed by atoms with Gasteiger partial charge in [0.15, 0.2) is 0 Å². The summed E-state index contributed by atoms with van der Waals surface area (Å²) in [5.74, 6) is 5.69. The largest absolute Gasteiger partial charge is 0.372 e. The van der Waals surface area contributed by atoms with Crippen molar-refractivity contribution in [3.05, 3.63) is 28.5 Å². The Labute approximate surface area is 80.1 Å². The van der Waals surface area contributed by atoms with Crippen LogP contribution in [0.25, 0.3) is 0 Å². The fraction of sp³-hybridized carbons (Fsp3) is 0.222. The molecule has 0 aliphatic rings. The van der Waals surface area contributed by atoms with Crippen LogP contribution in [0.5, 0.6) is 0 Å². The molecule has 0 unspecified atom stereocenters. The van der Waals surface area contributed by atoms with Crippen molar-refractivity contribution in [1.29, 1.82) is 0 Å². The Morgan fingerprint density at radius 1 is 1.58 bits per heavy atom. The highest BCUT2D eigenvalue weighted by molar-refractivity contribution is 9.10. The number of ether oxygens (including phenoxy) is 1. The van der Waals surface area contributed by atoms with Gasteiger partial charge in [-0.05, 0) is 34.0 Å². The van der Waals surface area contributed by atoms with Crippen molar-refractivity contribution in [3.8, 4) is 11.8 Å². The van der Waals surface area contributed by atoms with E-state index in [-0.39, 0.29) is 0 Å². The van der Waals surface area contributed by atoms with Crippen molar-refractivity contribution in [2.24, 2.45) is 0 Å². The monoisotopic (exact) mass is 225 g/mol. The van der Waals surface area contributed by atoms with E-state index in [1.54, 1.807) is 13.3 Å². The van der Waals surface area contributed by atoms with Crippen molar-refractivity contribution in [1.82, 2.24) is 4.98 Å². The zero-order chi connectivity index (χ0) is 8.81. The van der Waals surface area contributed by atoms with Crippen LogP contribution in [-0.2, 0) is 4.74 Å². The van der Waals surface area contributed by atoms with E-state index in [1.165, 1.54) is 0 Å². The van der Waals surface area contributed by atoms with E-state index in [9.17, 15) is 0 Å². The van der Waals surface area contributed by atoms with Crippen LogP contribution in [0.15, 0.2) is 22.8 Å². The van der Waals surface area contributed by atoms with Crippen molar-refractivity contribution < 1.29 is 4.74 Å². The van der Waals surface area contributed by atoms with Gasteiger partial charge in [0.05, 0.1) is 0 Å². The zero-order valence-electron chi connectivity index (χ0n) is 6.67. The first-order valence-electron chi connectivity index (χ1n) is 3.42. The van der Waals surface area contributed by atoms with Gasteiger partial charge in [0.2, 0.25) is 0 Å². The second-order valence-corrected chi connectivity index (χ2v) is 3.01. The topological polar surface area (TPSA) is 22.1 Å². The number of pyridine rings is 1. The van der Waals surface area contributed by atoms with Gasteiger partial charge in [0.1, 0.15) is 12.3 Å². The van der Waals surface area contributed by atoms with E-state index in [4.69, 9.17) is 4.74 Å².